The summed E-state index contributed by atoms with van der Waals surface area (Å²) in [6, 6.07) is 5.02. The van der Waals surface area contributed by atoms with E-state index in [2.05, 4.69) is 15.0 Å². The first-order valence-corrected chi connectivity index (χ1v) is 9.39. The van der Waals surface area contributed by atoms with Gasteiger partial charge in [0.25, 0.3) is 0 Å². The number of fused-ring (bicyclic) bond motifs is 3. The van der Waals surface area contributed by atoms with Gasteiger partial charge in [0.1, 0.15) is 17.7 Å². The first kappa shape index (κ1) is 17.7. The minimum absolute atomic E-state index is 0.0990. The van der Waals surface area contributed by atoms with Crippen LogP contribution in [0.25, 0.3) is 5.65 Å². The Labute approximate surface area is 160 Å². The van der Waals surface area contributed by atoms with Gasteiger partial charge in [0.2, 0.25) is 0 Å². The van der Waals surface area contributed by atoms with E-state index < -0.39 is 23.8 Å². The Balaban J connectivity index is 1.32. The van der Waals surface area contributed by atoms with Gasteiger partial charge in [0, 0.05) is 48.2 Å². The van der Waals surface area contributed by atoms with E-state index in [1.807, 2.05) is 23.7 Å². The monoisotopic (exact) mass is 385 g/mol. The van der Waals surface area contributed by atoms with E-state index in [-0.39, 0.29) is 11.6 Å². The van der Waals surface area contributed by atoms with Gasteiger partial charge in [-0.25, -0.2) is 18.3 Å². The van der Waals surface area contributed by atoms with E-state index in [0.717, 1.165) is 41.3 Å². The van der Waals surface area contributed by atoms with Crippen LogP contribution in [0.1, 0.15) is 35.0 Å². The molecule has 2 aliphatic heterocycles. The summed E-state index contributed by atoms with van der Waals surface area (Å²) in [7, 11) is 0. The summed E-state index contributed by atoms with van der Waals surface area (Å²) < 4.78 is 35.4. The SMILES string of the molecule is Cc1ccn2nc3c(c2n1)CN(C1CO[C@H](c2cc(F)ccc2F)C(N)C1)C3. The molecule has 0 radical (unpaired) electrons. The largest absolute Gasteiger partial charge is 0.370 e. The smallest absolute Gasteiger partial charge is 0.159 e. The van der Waals surface area contributed by atoms with Crippen molar-refractivity contribution in [2.75, 3.05) is 6.61 Å². The van der Waals surface area contributed by atoms with Crippen LogP contribution in [-0.4, -0.2) is 38.2 Å². The van der Waals surface area contributed by atoms with Gasteiger partial charge in [-0.2, -0.15) is 5.10 Å². The number of benzene rings is 1. The molecule has 0 aliphatic carbocycles. The summed E-state index contributed by atoms with van der Waals surface area (Å²) >= 11 is 0. The molecule has 0 bridgehead atoms. The molecule has 1 fully saturated rings. The van der Waals surface area contributed by atoms with E-state index in [4.69, 9.17) is 10.5 Å². The van der Waals surface area contributed by atoms with E-state index >= 15 is 0 Å². The van der Waals surface area contributed by atoms with Gasteiger partial charge in [-0.05, 0) is 37.6 Å². The van der Waals surface area contributed by atoms with Crippen LogP contribution < -0.4 is 5.73 Å². The third-order valence-electron chi connectivity index (χ3n) is 5.70. The first-order chi connectivity index (χ1) is 13.5. The molecule has 0 amide bonds. The molecule has 4 heterocycles. The third kappa shape index (κ3) is 2.88. The number of aromatic nitrogens is 3. The minimum Gasteiger partial charge on any atom is -0.370 e. The van der Waals surface area contributed by atoms with Gasteiger partial charge in [-0.3, -0.25) is 4.90 Å². The maximum atomic E-state index is 14.1. The van der Waals surface area contributed by atoms with E-state index in [9.17, 15) is 8.78 Å². The van der Waals surface area contributed by atoms with Crippen molar-refractivity contribution < 1.29 is 13.5 Å². The summed E-state index contributed by atoms with van der Waals surface area (Å²) in [5.41, 5.74) is 10.5. The van der Waals surface area contributed by atoms with Gasteiger partial charge in [-0.15, -0.1) is 0 Å². The average Bonchev–Trinajstić information content (AvgIpc) is 3.22. The summed E-state index contributed by atoms with van der Waals surface area (Å²) in [5.74, 6) is -0.981. The second-order valence-electron chi connectivity index (χ2n) is 7.64. The lowest BCUT2D eigenvalue weighted by molar-refractivity contribution is -0.0532. The molecule has 8 heteroatoms. The Morgan fingerprint density at radius 1 is 1.21 bits per heavy atom. The molecule has 2 unspecified atom stereocenters. The van der Waals surface area contributed by atoms with Gasteiger partial charge >= 0.3 is 0 Å². The molecular formula is C20H21F2N5O. The Bertz CT molecular complexity index is 1050. The number of hydrogen-bond donors (Lipinski definition) is 1. The summed E-state index contributed by atoms with van der Waals surface area (Å²) in [4.78, 5) is 6.89. The van der Waals surface area contributed by atoms with Crippen LogP contribution in [-0.2, 0) is 17.8 Å². The third-order valence-corrected chi connectivity index (χ3v) is 5.70. The summed E-state index contributed by atoms with van der Waals surface area (Å²) in [6.45, 7) is 3.81. The van der Waals surface area contributed by atoms with Gasteiger partial charge in [-0.1, -0.05) is 0 Å². The molecule has 3 aromatic rings. The predicted molar refractivity (Wildman–Crippen MR) is 98.4 cm³/mol. The van der Waals surface area contributed by atoms with Crippen LogP contribution in [0, 0.1) is 18.6 Å². The lowest BCUT2D eigenvalue weighted by Crippen LogP contribution is -2.47. The molecule has 2 aromatic heterocycles. The molecule has 146 valence electrons. The average molecular weight is 385 g/mol. The van der Waals surface area contributed by atoms with Gasteiger partial charge < -0.3 is 10.5 Å². The fraction of sp³-hybridized carbons (Fsp3) is 0.400. The second kappa shape index (κ2) is 6.58. The Morgan fingerprint density at radius 2 is 2.07 bits per heavy atom. The molecular weight excluding hydrogens is 364 g/mol. The van der Waals surface area contributed by atoms with E-state index in [1.165, 1.54) is 6.07 Å². The molecule has 0 saturated carbocycles. The Hall–Kier alpha value is -2.42. The second-order valence-corrected chi connectivity index (χ2v) is 7.64. The fourth-order valence-corrected chi connectivity index (χ4v) is 4.26. The van der Waals surface area contributed by atoms with Crippen molar-refractivity contribution in [3.05, 3.63) is 64.6 Å². The van der Waals surface area contributed by atoms with Crippen molar-refractivity contribution in [2.24, 2.45) is 5.73 Å². The molecule has 1 aromatic carbocycles. The zero-order chi connectivity index (χ0) is 19.4. The topological polar surface area (TPSA) is 68.7 Å². The molecule has 6 nitrogen and oxygen atoms in total. The van der Waals surface area contributed by atoms with Crippen molar-refractivity contribution in [3.8, 4) is 0 Å². The maximum absolute atomic E-state index is 14.1. The van der Waals surface area contributed by atoms with Crippen molar-refractivity contribution >= 4 is 5.65 Å². The Morgan fingerprint density at radius 3 is 2.89 bits per heavy atom. The van der Waals surface area contributed by atoms with Crippen molar-refractivity contribution in [1.82, 2.24) is 19.5 Å². The summed E-state index contributed by atoms with van der Waals surface area (Å²) in [5, 5.41) is 4.63. The molecule has 3 atom stereocenters. The fourth-order valence-electron chi connectivity index (χ4n) is 4.26. The number of aryl methyl sites for hydroxylation is 1. The van der Waals surface area contributed by atoms with Crippen LogP contribution in [0.3, 0.4) is 0 Å². The highest BCUT2D eigenvalue weighted by molar-refractivity contribution is 5.52. The number of nitrogens with zero attached hydrogens (tertiary/aromatic N) is 4. The van der Waals surface area contributed by atoms with Crippen LogP contribution in [0.2, 0.25) is 0 Å². The normalized spacial score (nSPS) is 25.4. The van der Waals surface area contributed by atoms with Crippen LogP contribution in [0.15, 0.2) is 30.5 Å². The number of rotatable bonds is 2. The number of ether oxygens (including phenoxy) is 1. The predicted octanol–water partition coefficient (Wildman–Crippen LogP) is 2.49. The van der Waals surface area contributed by atoms with Crippen LogP contribution in [0.5, 0.6) is 0 Å². The van der Waals surface area contributed by atoms with Crippen LogP contribution >= 0.6 is 0 Å². The molecule has 2 aliphatic rings. The van der Waals surface area contributed by atoms with Crippen LogP contribution in [0.4, 0.5) is 8.78 Å². The van der Waals surface area contributed by atoms with Gasteiger partial charge in [0.15, 0.2) is 5.65 Å². The number of hydrogen-bond acceptors (Lipinski definition) is 5. The van der Waals surface area contributed by atoms with E-state index in [1.54, 1.807) is 0 Å². The quantitative estimate of drug-likeness (QED) is 0.734. The lowest BCUT2D eigenvalue weighted by Gasteiger charge is -2.38. The Kier molecular flexibility index (Phi) is 4.15. The highest BCUT2D eigenvalue weighted by Gasteiger charge is 2.37. The van der Waals surface area contributed by atoms with Gasteiger partial charge in [0.05, 0.1) is 12.3 Å². The standard InChI is InChI=1S/C20H21F2N5O/c1-11-4-5-27-20(24-11)15-8-26(9-18(15)25-27)13-7-17(23)19(28-10-13)14-6-12(21)2-3-16(14)22/h2-6,13,17,19H,7-10,23H2,1H3/t13?,17?,19-/m1/s1. The van der Waals surface area contributed by atoms with E-state index in [0.29, 0.717) is 19.6 Å². The first-order valence-electron chi connectivity index (χ1n) is 9.39. The summed E-state index contributed by atoms with van der Waals surface area (Å²) in [6.07, 6.45) is 1.93. The maximum Gasteiger partial charge on any atom is 0.159 e. The zero-order valence-electron chi connectivity index (χ0n) is 15.5. The number of nitrogens with two attached hydrogens (primary N) is 1. The minimum atomic E-state index is -0.639. The van der Waals surface area contributed by atoms with Crippen molar-refractivity contribution in [1.29, 1.82) is 0 Å². The molecule has 5 rings (SSSR count). The number of halogens is 2. The molecule has 0 spiro atoms. The zero-order valence-corrected chi connectivity index (χ0v) is 15.5. The molecule has 1 saturated heterocycles. The molecule has 2 N–H and O–H groups in total. The highest BCUT2D eigenvalue weighted by Crippen LogP contribution is 2.34. The lowest BCUT2D eigenvalue weighted by atomic mass is 9.93. The van der Waals surface area contributed by atoms with Crippen molar-refractivity contribution in [2.45, 2.75) is 44.6 Å². The van der Waals surface area contributed by atoms with Crippen molar-refractivity contribution in [3.63, 3.8) is 0 Å². The highest BCUT2D eigenvalue weighted by atomic mass is 19.1. The molecule has 28 heavy (non-hydrogen) atoms.